The summed E-state index contributed by atoms with van der Waals surface area (Å²) in [5, 5.41) is 3.75. The van der Waals surface area contributed by atoms with Gasteiger partial charge < -0.3 is 5.32 Å². The SMILES string of the molecule is CC(NC1CCCC(C)C1C)c1ccccn1. The van der Waals surface area contributed by atoms with Crippen LogP contribution in [-0.2, 0) is 0 Å². The van der Waals surface area contributed by atoms with Crippen LogP contribution in [0.1, 0.15) is 51.8 Å². The van der Waals surface area contributed by atoms with Crippen molar-refractivity contribution in [3.05, 3.63) is 30.1 Å². The minimum absolute atomic E-state index is 0.356. The lowest BCUT2D eigenvalue weighted by Gasteiger charge is -2.36. The van der Waals surface area contributed by atoms with Gasteiger partial charge in [-0.15, -0.1) is 0 Å². The molecule has 1 aliphatic rings. The molecular formula is C15H24N2. The van der Waals surface area contributed by atoms with E-state index in [0.29, 0.717) is 12.1 Å². The van der Waals surface area contributed by atoms with Crippen molar-refractivity contribution in [1.29, 1.82) is 0 Å². The van der Waals surface area contributed by atoms with Gasteiger partial charge in [0.2, 0.25) is 0 Å². The van der Waals surface area contributed by atoms with Crippen LogP contribution in [0.15, 0.2) is 24.4 Å². The van der Waals surface area contributed by atoms with Crippen LogP contribution >= 0.6 is 0 Å². The lowest BCUT2D eigenvalue weighted by atomic mass is 9.78. The highest BCUT2D eigenvalue weighted by Gasteiger charge is 2.28. The highest BCUT2D eigenvalue weighted by atomic mass is 15.0. The highest BCUT2D eigenvalue weighted by molar-refractivity contribution is 5.08. The van der Waals surface area contributed by atoms with Crippen LogP contribution in [0.3, 0.4) is 0 Å². The molecule has 1 aliphatic carbocycles. The molecule has 0 bridgehead atoms. The van der Waals surface area contributed by atoms with Gasteiger partial charge in [0.1, 0.15) is 0 Å². The number of nitrogens with zero attached hydrogens (tertiary/aromatic N) is 1. The fraction of sp³-hybridized carbons (Fsp3) is 0.667. The molecule has 0 aliphatic heterocycles. The van der Waals surface area contributed by atoms with Crippen LogP contribution in [0, 0.1) is 11.8 Å². The summed E-state index contributed by atoms with van der Waals surface area (Å²) in [6, 6.07) is 7.15. The molecule has 0 spiro atoms. The molecule has 1 heterocycles. The first-order valence-electron chi connectivity index (χ1n) is 6.85. The Labute approximate surface area is 105 Å². The molecule has 2 rings (SSSR count). The topological polar surface area (TPSA) is 24.9 Å². The summed E-state index contributed by atoms with van der Waals surface area (Å²) in [4.78, 5) is 4.43. The van der Waals surface area contributed by atoms with Crippen molar-refractivity contribution in [3.63, 3.8) is 0 Å². The number of aromatic nitrogens is 1. The average molecular weight is 232 g/mol. The highest BCUT2D eigenvalue weighted by Crippen LogP contribution is 2.30. The van der Waals surface area contributed by atoms with Crippen molar-refractivity contribution < 1.29 is 0 Å². The predicted octanol–water partition coefficient (Wildman–Crippen LogP) is 3.56. The van der Waals surface area contributed by atoms with Gasteiger partial charge in [-0.2, -0.15) is 0 Å². The molecule has 2 heteroatoms. The fourth-order valence-corrected chi connectivity index (χ4v) is 2.86. The zero-order valence-corrected chi connectivity index (χ0v) is 11.2. The Kier molecular flexibility index (Phi) is 4.16. The van der Waals surface area contributed by atoms with Gasteiger partial charge in [-0.05, 0) is 37.3 Å². The Hall–Kier alpha value is -0.890. The van der Waals surface area contributed by atoms with Crippen molar-refractivity contribution >= 4 is 0 Å². The summed E-state index contributed by atoms with van der Waals surface area (Å²) >= 11 is 0. The fourth-order valence-electron chi connectivity index (χ4n) is 2.86. The van der Waals surface area contributed by atoms with Crippen LogP contribution in [0.25, 0.3) is 0 Å². The van der Waals surface area contributed by atoms with E-state index in [-0.39, 0.29) is 0 Å². The number of pyridine rings is 1. The van der Waals surface area contributed by atoms with E-state index in [9.17, 15) is 0 Å². The first-order valence-corrected chi connectivity index (χ1v) is 6.85. The molecule has 17 heavy (non-hydrogen) atoms. The number of hydrogen-bond donors (Lipinski definition) is 1. The van der Waals surface area contributed by atoms with E-state index in [1.807, 2.05) is 12.3 Å². The number of nitrogens with one attached hydrogen (secondary N) is 1. The van der Waals surface area contributed by atoms with Gasteiger partial charge >= 0.3 is 0 Å². The summed E-state index contributed by atoms with van der Waals surface area (Å²) < 4.78 is 0. The van der Waals surface area contributed by atoms with Gasteiger partial charge in [-0.3, -0.25) is 4.98 Å². The first-order chi connectivity index (χ1) is 8.18. The third-order valence-electron chi connectivity index (χ3n) is 4.30. The molecular weight excluding hydrogens is 208 g/mol. The Balaban J connectivity index is 1.96. The largest absolute Gasteiger partial charge is 0.306 e. The van der Waals surface area contributed by atoms with Gasteiger partial charge in [0, 0.05) is 18.3 Å². The molecule has 1 aromatic rings. The second-order valence-corrected chi connectivity index (χ2v) is 5.52. The third-order valence-corrected chi connectivity index (χ3v) is 4.30. The van der Waals surface area contributed by atoms with E-state index in [0.717, 1.165) is 17.5 Å². The molecule has 0 saturated heterocycles. The van der Waals surface area contributed by atoms with Crippen LogP contribution in [-0.4, -0.2) is 11.0 Å². The van der Waals surface area contributed by atoms with E-state index < -0.39 is 0 Å². The Bertz CT molecular complexity index is 336. The smallest absolute Gasteiger partial charge is 0.0570 e. The molecule has 4 atom stereocenters. The third kappa shape index (κ3) is 3.06. The predicted molar refractivity (Wildman–Crippen MR) is 71.8 cm³/mol. The summed E-state index contributed by atoms with van der Waals surface area (Å²) in [5.74, 6) is 1.62. The van der Waals surface area contributed by atoms with Crippen LogP contribution < -0.4 is 5.32 Å². The number of hydrogen-bond acceptors (Lipinski definition) is 2. The second-order valence-electron chi connectivity index (χ2n) is 5.52. The van der Waals surface area contributed by atoms with Crippen molar-refractivity contribution in [2.24, 2.45) is 11.8 Å². The van der Waals surface area contributed by atoms with Gasteiger partial charge in [0.25, 0.3) is 0 Å². The maximum absolute atomic E-state index is 4.43. The van der Waals surface area contributed by atoms with Gasteiger partial charge in [0.05, 0.1) is 5.69 Å². The normalized spacial score (nSPS) is 31.1. The van der Waals surface area contributed by atoms with Gasteiger partial charge in [-0.1, -0.05) is 32.8 Å². The maximum atomic E-state index is 4.43. The zero-order chi connectivity index (χ0) is 12.3. The second kappa shape index (κ2) is 5.63. The number of rotatable bonds is 3. The van der Waals surface area contributed by atoms with Crippen molar-refractivity contribution in [2.75, 3.05) is 0 Å². The molecule has 1 aromatic heterocycles. The van der Waals surface area contributed by atoms with E-state index in [2.05, 4.69) is 43.2 Å². The summed E-state index contributed by atoms with van der Waals surface area (Å²) in [6.07, 6.45) is 5.93. The first kappa shape index (κ1) is 12.6. The Morgan fingerprint density at radius 2 is 2.12 bits per heavy atom. The molecule has 1 N–H and O–H groups in total. The van der Waals surface area contributed by atoms with Crippen LogP contribution in [0.2, 0.25) is 0 Å². The minimum atomic E-state index is 0.356. The molecule has 0 aromatic carbocycles. The molecule has 1 fully saturated rings. The molecule has 1 saturated carbocycles. The van der Waals surface area contributed by atoms with Crippen molar-refractivity contribution in [1.82, 2.24) is 10.3 Å². The lowest BCUT2D eigenvalue weighted by molar-refractivity contribution is 0.195. The average Bonchev–Trinajstić information content (AvgIpc) is 2.36. The van der Waals surface area contributed by atoms with E-state index >= 15 is 0 Å². The van der Waals surface area contributed by atoms with Crippen molar-refractivity contribution in [2.45, 2.75) is 52.1 Å². The monoisotopic (exact) mass is 232 g/mol. The molecule has 0 radical (unpaired) electrons. The Morgan fingerprint density at radius 1 is 1.29 bits per heavy atom. The van der Waals surface area contributed by atoms with E-state index in [1.54, 1.807) is 0 Å². The quantitative estimate of drug-likeness (QED) is 0.862. The summed E-state index contributed by atoms with van der Waals surface area (Å²) in [7, 11) is 0. The molecule has 94 valence electrons. The maximum Gasteiger partial charge on any atom is 0.0570 e. The van der Waals surface area contributed by atoms with E-state index in [4.69, 9.17) is 0 Å². The van der Waals surface area contributed by atoms with Crippen molar-refractivity contribution in [3.8, 4) is 0 Å². The Morgan fingerprint density at radius 3 is 2.82 bits per heavy atom. The summed E-state index contributed by atoms with van der Waals surface area (Å²) in [6.45, 7) is 6.98. The standard InChI is InChI=1S/C15H24N2/c1-11-7-6-9-14(12(11)2)17-13(3)15-8-4-5-10-16-15/h4-5,8,10-14,17H,6-7,9H2,1-3H3. The molecule has 0 amide bonds. The molecule has 4 unspecified atom stereocenters. The van der Waals surface area contributed by atoms with Gasteiger partial charge in [0.15, 0.2) is 0 Å². The lowest BCUT2D eigenvalue weighted by Crippen LogP contribution is -2.41. The minimum Gasteiger partial charge on any atom is -0.306 e. The molecule has 2 nitrogen and oxygen atoms in total. The summed E-state index contributed by atoms with van der Waals surface area (Å²) in [5.41, 5.74) is 1.15. The zero-order valence-electron chi connectivity index (χ0n) is 11.2. The van der Waals surface area contributed by atoms with Crippen LogP contribution in [0.4, 0.5) is 0 Å². The van der Waals surface area contributed by atoms with E-state index in [1.165, 1.54) is 19.3 Å². The van der Waals surface area contributed by atoms with Crippen LogP contribution in [0.5, 0.6) is 0 Å². The van der Waals surface area contributed by atoms with Gasteiger partial charge in [-0.25, -0.2) is 0 Å².